The number of nitrogens with zero attached hydrogens (tertiary/aromatic N) is 2. The molecule has 0 bridgehead atoms. The normalized spacial score (nSPS) is 11.8. The molecule has 2 aromatic carbocycles. The monoisotopic (exact) mass is 443 g/mol. The van der Waals surface area contributed by atoms with Gasteiger partial charge in [-0.2, -0.15) is 4.99 Å². The second-order valence-electron chi connectivity index (χ2n) is 6.44. The molecule has 0 saturated carbocycles. The molecule has 0 atom stereocenters. The van der Waals surface area contributed by atoms with Crippen LogP contribution in [0, 0.1) is 0 Å². The quantitative estimate of drug-likeness (QED) is 0.409. The molecule has 0 unspecified atom stereocenters. The molecule has 0 aliphatic heterocycles. The van der Waals surface area contributed by atoms with Crippen molar-refractivity contribution < 1.29 is 14.3 Å². The van der Waals surface area contributed by atoms with Crippen molar-refractivity contribution >= 4 is 50.8 Å². The van der Waals surface area contributed by atoms with Crippen LogP contribution in [0.1, 0.15) is 31.1 Å². The minimum atomic E-state index is -0.259. The van der Waals surface area contributed by atoms with Crippen LogP contribution in [-0.2, 0) is 16.1 Å². The predicted octanol–water partition coefficient (Wildman–Crippen LogP) is 4.55. The van der Waals surface area contributed by atoms with Crippen molar-refractivity contribution in [3.05, 3.63) is 52.8 Å². The number of carbonyl (C=O) groups is 2. The maximum Gasteiger partial charge on any atom is 0.280 e. The van der Waals surface area contributed by atoms with E-state index in [1.54, 1.807) is 11.8 Å². The van der Waals surface area contributed by atoms with E-state index < -0.39 is 0 Å². The van der Waals surface area contributed by atoms with Crippen molar-refractivity contribution in [3.63, 3.8) is 0 Å². The molecule has 0 aliphatic rings. The van der Waals surface area contributed by atoms with E-state index >= 15 is 0 Å². The number of hydrogen-bond acceptors (Lipinski definition) is 5. The largest absolute Gasteiger partial charge is 0.380 e. The number of thioether (sulfide) groups is 1. The summed E-state index contributed by atoms with van der Waals surface area (Å²) in [7, 11) is 0. The number of ether oxygens (including phenoxy) is 1. The van der Waals surface area contributed by atoms with Crippen LogP contribution in [0.15, 0.2) is 52.4 Å². The molecule has 3 aromatic rings. The number of rotatable bonds is 8. The SMILES string of the molecule is CCOCCn1c(=NC(=O)c2ccccc2SCC)sc2cc(NC(C)=O)ccc21. The Labute approximate surface area is 184 Å². The van der Waals surface area contributed by atoms with Crippen LogP contribution in [-0.4, -0.2) is 35.3 Å². The summed E-state index contributed by atoms with van der Waals surface area (Å²) in [6.07, 6.45) is 0. The Hall–Kier alpha value is -2.42. The number of thiazole rings is 1. The molecule has 1 N–H and O–H groups in total. The molecule has 0 aliphatic carbocycles. The van der Waals surface area contributed by atoms with E-state index in [4.69, 9.17) is 4.74 Å². The molecule has 0 spiro atoms. The van der Waals surface area contributed by atoms with E-state index in [0.717, 1.165) is 26.6 Å². The first-order valence-electron chi connectivity index (χ1n) is 9.83. The summed E-state index contributed by atoms with van der Waals surface area (Å²) in [5.74, 6) is 0.499. The Balaban J connectivity index is 2.07. The van der Waals surface area contributed by atoms with Gasteiger partial charge in [0.25, 0.3) is 5.91 Å². The van der Waals surface area contributed by atoms with Crippen molar-refractivity contribution in [1.82, 2.24) is 4.57 Å². The standard InChI is InChI=1S/C22H25N3O3S2/c1-4-28-13-12-25-18-11-10-16(23-15(3)26)14-20(18)30-22(25)24-21(27)17-8-6-7-9-19(17)29-5-2/h6-11,14H,4-5,12-13H2,1-3H3,(H,23,26). The number of aromatic nitrogens is 1. The van der Waals surface area contributed by atoms with Crippen molar-refractivity contribution in [2.75, 3.05) is 24.3 Å². The minimum absolute atomic E-state index is 0.125. The molecule has 158 valence electrons. The van der Waals surface area contributed by atoms with Gasteiger partial charge < -0.3 is 14.6 Å². The summed E-state index contributed by atoms with van der Waals surface area (Å²) < 4.78 is 8.47. The molecule has 2 amide bonds. The highest BCUT2D eigenvalue weighted by Gasteiger charge is 2.13. The van der Waals surface area contributed by atoms with E-state index in [9.17, 15) is 9.59 Å². The third-order valence-corrected chi connectivity index (χ3v) is 6.28. The molecule has 6 nitrogen and oxygen atoms in total. The lowest BCUT2D eigenvalue weighted by molar-refractivity contribution is -0.114. The Morgan fingerprint density at radius 1 is 1.20 bits per heavy atom. The van der Waals surface area contributed by atoms with Crippen LogP contribution in [0.5, 0.6) is 0 Å². The maximum atomic E-state index is 13.0. The summed E-state index contributed by atoms with van der Waals surface area (Å²) in [5, 5.41) is 2.80. The van der Waals surface area contributed by atoms with Gasteiger partial charge in [0.15, 0.2) is 4.80 Å². The predicted molar refractivity (Wildman–Crippen MR) is 123 cm³/mol. The zero-order valence-electron chi connectivity index (χ0n) is 17.3. The molecule has 0 saturated heterocycles. The van der Waals surface area contributed by atoms with E-state index in [-0.39, 0.29) is 11.8 Å². The van der Waals surface area contributed by atoms with Crippen LogP contribution >= 0.6 is 23.1 Å². The van der Waals surface area contributed by atoms with Crippen molar-refractivity contribution in [2.45, 2.75) is 32.2 Å². The molecule has 8 heteroatoms. The number of hydrogen-bond donors (Lipinski definition) is 1. The Kier molecular flexibility index (Phi) is 7.84. The highest BCUT2D eigenvalue weighted by molar-refractivity contribution is 7.99. The number of carbonyl (C=O) groups excluding carboxylic acids is 2. The smallest absolute Gasteiger partial charge is 0.280 e. The van der Waals surface area contributed by atoms with Gasteiger partial charge in [0.2, 0.25) is 5.91 Å². The van der Waals surface area contributed by atoms with Gasteiger partial charge in [0.05, 0.1) is 22.4 Å². The van der Waals surface area contributed by atoms with Crippen molar-refractivity contribution in [2.24, 2.45) is 4.99 Å². The fourth-order valence-electron chi connectivity index (χ4n) is 3.03. The summed E-state index contributed by atoms with van der Waals surface area (Å²) in [6, 6.07) is 13.3. The van der Waals surface area contributed by atoms with Gasteiger partial charge in [-0.15, -0.1) is 11.8 Å². The lowest BCUT2D eigenvalue weighted by atomic mass is 10.2. The Bertz CT molecular complexity index is 1120. The lowest BCUT2D eigenvalue weighted by Crippen LogP contribution is -2.20. The first kappa shape index (κ1) is 22.3. The van der Waals surface area contributed by atoms with Crippen LogP contribution in [0.2, 0.25) is 0 Å². The Morgan fingerprint density at radius 3 is 2.73 bits per heavy atom. The number of nitrogens with one attached hydrogen (secondary N) is 1. The van der Waals surface area contributed by atoms with Crippen LogP contribution in [0.25, 0.3) is 10.2 Å². The maximum absolute atomic E-state index is 13.0. The molecular weight excluding hydrogens is 418 g/mol. The second kappa shape index (κ2) is 10.6. The van der Waals surface area contributed by atoms with E-state index in [0.29, 0.717) is 30.1 Å². The Morgan fingerprint density at radius 2 is 2.00 bits per heavy atom. The average Bonchev–Trinajstić information content (AvgIpc) is 3.04. The van der Waals surface area contributed by atoms with Gasteiger partial charge in [0.1, 0.15) is 0 Å². The molecule has 3 rings (SSSR count). The average molecular weight is 444 g/mol. The number of anilines is 1. The highest BCUT2D eigenvalue weighted by atomic mass is 32.2. The molecule has 30 heavy (non-hydrogen) atoms. The van der Waals surface area contributed by atoms with Gasteiger partial charge in [0, 0.05) is 30.7 Å². The lowest BCUT2D eigenvalue weighted by Gasteiger charge is -2.07. The van der Waals surface area contributed by atoms with E-state index in [1.165, 1.54) is 18.3 Å². The van der Waals surface area contributed by atoms with Crippen molar-refractivity contribution in [1.29, 1.82) is 0 Å². The molecule has 1 aromatic heterocycles. The van der Waals surface area contributed by atoms with Crippen LogP contribution in [0.3, 0.4) is 0 Å². The topological polar surface area (TPSA) is 72.7 Å². The summed E-state index contributed by atoms with van der Waals surface area (Å²) in [6.45, 7) is 7.23. The molecule has 1 heterocycles. The third-order valence-electron chi connectivity index (χ3n) is 4.28. The fraction of sp³-hybridized carbons (Fsp3) is 0.318. The van der Waals surface area contributed by atoms with Gasteiger partial charge in [-0.3, -0.25) is 9.59 Å². The summed E-state index contributed by atoms with van der Waals surface area (Å²) >= 11 is 3.06. The van der Waals surface area contributed by atoms with E-state index in [2.05, 4.69) is 17.2 Å². The van der Waals surface area contributed by atoms with Crippen LogP contribution < -0.4 is 10.1 Å². The fourth-order valence-corrected chi connectivity index (χ4v) is 4.92. The molecule has 0 radical (unpaired) electrons. The summed E-state index contributed by atoms with van der Waals surface area (Å²) in [5.41, 5.74) is 2.28. The van der Waals surface area contributed by atoms with Crippen LogP contribution in [0.4, 0.5) is 5.69 Å². The third kappa shape index (κ3) is 5.38. The second-order valence-corrected chi connectivity index (χ2v) is 8.76. The summed E-state index contributed by atoms with van der Waals surface area (Å²) in [4.78, 5) is 30.4. The van der Waals surface area contributed by atoms with Gasteiger partial charge in [-0.25, -0.2) is 0 Å². The highest BCUT2D eigenvalue weighted by Crippen LogP contribution is 2.24. The number of amides is 2. The van der Waals surface area contributed by atoms with Crippen molar-refractivity contribution in [3.8, 4) is 0 Å². The molecular formula is C22H25N3O3S2. The number of benzene rings is 2. The zero-order chi connectivity index (χ0) is 21.5. The number of fused-ring (bicyclic) bond motifs is 1. The zero-order valence-corrected chi connectivity index (χ0v) is 18.9. The van der Waals surface area contributed by atoms with E-state index in [1.807, 2.05) is 54.0 Å². The molecule has 0 fully saturated rings. The minimum Gasteiger partial charge on any atom is -0.380 e. The van der Waals surface area contributed by atoms with Gasteiger partial charge in [-0.05, 0) is 43.0 Å². The van der Waals surface area contributed by atoms with Gasteiger partial charge >= 0.3 is 0 Å². The first-order valence-corrected chi connectivity index (χ1v) is 11.6. The first-order chi connectivity index (χ1) is 14.5. The van der Waals surface area contributed by atoms with Gasteiger partial charge in [-0.1, -0.05) is 30.4 Å².